The molecule has 2 unspecified atom stereocenters. The molecule has 0 aromatic heterocycles. The second kappa shape index (κ2) is 7.07. The maximum Gasteiger partial charge on any atom is 0.323 e. The molecule has 106 valence electrons. The molecule has 2 atom stereocenters. The number of hydrogen-bond acceptors (Lipinski definition) is 4. The highest BCUT2D eigenvalue weighted by atomic mass is 16.5. The van der Waals surface area contributed by atoms with Crippen molar-refractivity contribution < 1.29 is 19.4 Å². The fourth-order valence-corrected chi connectivity index (χ4v) is 2.14. The van der Waals surface area contributed by atoms with Crippen LogP contribution in [0.25, 0.3) is 0 Å². The Kier molecular flexibility index (Phi) is 6.05. The molecule has 1 fully saturated rings. The molecule has 0 aliphatic carbocycles. The van der Waals surface area contributed by atoms with Crippen LogP contribution in [0.5, 0.6) is 0 Å². The summed E-state index contributed by atoms with van der Waals surface area (Å²) in [4.78, 5) is 11.3. The Morgan fingerprint density at radius 1 is 1.61 bits per heavy atom. The van der Waals surface area contributed by atoms with E-state index in [0.717, 1.165) is 19.4 Å². The second-order valence-electron chi connectivity index (χ2n) is 5.40. The molecular weight excluding hydrogens is 234 g/mol. The quantitative estimate of drug-likeness (QED) is 0.645. The smallest absolute Gasteiger partial charge is 0.323 e. The molecule has 1 rings (SSSR count). The fourth-order valence-electron chi connectivity index (χ4n) is 2.14. The van der Waals surface area contributed by atoms with E-state index in [0.29, 0.717) is 19.6 Å². The van der Waals surface area contributed by atoms with Gasteiger partial charge in [-0.3, -0.25) is 10.1 Å². The number of rotatable bonds is 8. The second-order valence-corrected chi connectivity index (χ2v) is 5.40. The van der Waals surface area contributed by atoms with Crippen molar-refractivity contribution in [3.8, 4) is 0 Å². The highest BCUT2D eigenvalue weighted by molar-refractivity contribution is 5.78. The van der Waals surface area contributed by atoms with E-state index in [1.54, 1.807) is 6.92 Å². The lowest BCUT2D eigenvalue weighted by molar-refractivity contribution is -0.145. The third-order valence-corrected chi connectivity index (χ3v) is 3.15. The van der Waals surface area contributed by atoms with Crippen LogP contribution in [0.15, 0.2) is 0 Å². The first kappa shape index (κ1) is 15.4. The van der Waals surface area contributed by atoms with E-state index in [2.05, 4.69) is 5.32 Å². The molecule has 0 aromatic rings. The van der Waals surface area contributed by atoms with Gasteiger partial charge in [-0.2, -0.15) is 0 Å². The van der Waals surface area contributed by atoms with Gasteiger partial charge in [0.1, 0.15) is 5.54 Å². The summed E-state index contributed by atoms with van der Waals surface area (Å²) in [7, 11) is 0. The predicted octanol–water partition coefficient (Wildman–Crippen LogP) is 1.41. The van der Waals surface area contributed by atoms with Crippen LogP contribution < -0.4 is 5.32 Å². The van der Waals surface area contributed by atoms with E-state index >= 15 is 0 Å². The minimum Gasteiger partial charge on any atom is -0.480 e. The van der Waals surface area contributed by atoms with Gasteiger partial charge in [0, 0.05) is 19.3 Å². The van der Waals surface area contributed by atoms with Gasteiger partial charge in [-0.05, 0) is 40.0 Å². The van der Waals surface area contributed by atoms with Crippen LogP contribution in [0.4, 0.5) is 0 Å². The monoisotopic (exact) mass is 259 g/mol. The van der Waals surface area contributed by atoms with Crippen LogP contribution in [0.1, 0.15) is 40.0 Å². The number of nitrogens with one attached hydrogen (secondary N) is 1. The van der Waals surface area contributed by atoms with Crippen LogP contribution in [0.2, 0.25) is 0 Å². The van der Waals surface area contributed by atoms with Crippen LogP contribution in [-0.2, 0) is 14.3 Å². The molecule has 1 saturated heterocycles. The minimum atomic E-state index is -0.926. The van der Waals surface area contributed by atoms with E-state index in [-0.39, 0.29) is 12.1 Å². The number of carbonyl (C=O) groups is 1. The lowest BCUT2D eigenvalue weighted by Crippen LogP contribution is -2.53. The van der Waals surface area contributed by atoms with Crippen LogP contribution >= 0.6 is 0 Å². The van der Waals surface area contributed by atoms with Crippen molar-refractivity contribution in [1.82, 2.24) is 5.32 Å². The summed E-state index contributed by atoms with van der Waals surface area (Å²) in [5, 5.41) is 12.3. The topological polar surface area (TPSA) is 67.8 Å². The standard InChI is InChI=1S/C13H25NO4/c1-10(2)14-13(3,12(15)16)6-8-17-9-11-5-4-7-18-11/h10-11,14H,4-9H2,1-3H3,(H,15,16). The Morgan fingerprint density at radius 2 is 2.33 bits per heavy atom. The largest absolute Gasteiger partial charge is 0.480 e. The molecule has 0 amide bonds. The summed E-state index contributed by atoms with van der Waals surface area (Å²) in [5.41, 5.74) is -0.926. The van der Waals surface area contributed by atoms with Crippen molar-refractivity contribution in [1.29, 1.82) is 0 Å². The highest BCUT2D eigenvalue weighted by Crippen LogP contribution is 2.14. The summed E-state index contributed by atoms with van der Waals surface area (Å²) in [6.07, 6.45) is 2.78. The molecule has 18 heavy (non-hydrogen) atoms. The number of carboxylic acids is 1. The molecule has 0 saturated carbocycles. The number of ether oxygens (including phenoxy) is 2. The van der Waals surface area contributed by atoms with Crippen molar-refractivity contribution in [2.24, 2.45) is 0 Å². The fraction of sp³-hybridized carbons (Fsp3) is 0.923. The lowest BCUT2D eigenvalue weighted by atomic mass is 9.97. The van der Waals surface area contributed by atoms with Crippen LogP contribution in [0, 0.1) is 0 Å². The first-order chi connectivity index (χ1) is 8.44. The number of aliphatic carboxylic acids is 1. The van der Waals surface area contributed by atoms with E-state index in [9.17, 15) is 9.90 Å². The van der Waals surface area contributed by atoms with Gasteiger partial charge >= 0.3 is 5.97 Å². The summed E-state index contributed by atoms with van der Waals surface area (Å²) >= 11 is 0. The van der Waals surface area contributed by atoms with Crippen molar-refractivity contribution in [2.45, 2.75) is 57.7 Å². The normalized spacial score (nSPS) is 23.2. The van der Waals surface area contributed by atoms with Crippen molar-refractivity contribution >= 4 is 5.97 Å². The highest BCUT2D eigenvalue weighted by Gasteiger charge is 2.33. The number of carboxylic acid groups (broad SMARTS) is 1. The van der Waals surface area contributed by atoms with Gasteiger partial charge in [-0.25, -0.2) is 0 Å². The van der Waals surface area contributed by atoms with Crippen molar-refractivity contribution in [3.05, 3.63) is 0 Å². The van der Waals surface area contributed by atoms with E-state index in [1.807, 2.05) is 13.8 Å². The molecule has 0 spiro atoms. The Balaban J connectivity index is 2.26. The third kappa shape index (κ3) is 4.92. The van der Waals surface area contributed by atoms with Gasteiger partial charge in [0.2, 0.25) is 0 Å². The van der Waals surface area contributed by atoms with E-state index in [4.69, 9.17) is 9.47 Å². The Labute approximate surface area is 109 Å². The maximum atomic E-state index is 11.3. The SMILES string of the molecule is CC(C)NC(C)(CCOCC1CCCO1)C(=O)O. The Hall–Kier alpha value is -0.650. The van der Waals surface area contributed by atoms with E-state index < -0.39 is 11.5 Å². The van der Waals surface area contributed by atoms with Crippen molar-refractivity contribution in [2.75, 3.05) is 19.8 Å². The van der Waals surface area contributed by atoms with Gasteiger partial charge in [0.05, 0.1) is 12.7 Å². The van der Waals surface area contributed by atoms with Crippen LogP contribution in [-0.4, -0.2) is 48.6 Å². The summed E-state index contributed by atoms with van der Waals surface area (Å²) in [5.74, 6) is -0.836. The zero-order valence-electron chi connectivity index (χ0n) is 11.6. The molecule has 5 nitrogen and oxygen atoms in total. The molecule has 1 heterocycles. The predicted molar refractivity (Wildman–Crippen MR) is 68.7 cm³/mol. The Morgan fingerprint density at radius 3 is 2.83 bits per heavy atom. The Bertz CT molecular complexity index is 264. The van der Waals surface area contributed by atoms with Gasteiger partial charge in [-0.15, -0.1) is 0 Å². The lowest BCUT2D eigenvalue weighted by Gasteiger charge is -2.28. The zero-order valence-corrected chi connectivity index (χ0v) is 11.6. The van der Waals surface area contributed by atoms with E-state index in [1.165, 1.54) is 0 Å². The summed E-state index contributed by atoms with van der Waals surface area (Å²) in [6.45, 7) is 7.39. The first-order valence-corrected chi connectivity index (χ1v) is 6.64. The summed E-state index contributed by atoms with van der Waals surface area (Å²) < 4.78 is 11.0. The van der Waals surface area contributed by atoms with Gasteiger partial charge in [0.25, 0.3) is 0 Å². The molecule has 5 heteroatoms. The zero-order chi connectivity index (χ0) is 13.6. The average Bonchev–Trinajstić information content (AvgIpc) is 2.76. The summed E-state index contributed by atoms with van der Waals surface area (Å²) in [6, 6.07) is 0.129. The third-order valence-electron chi connectivity index (χ3n) is 3.15. The molecule has 1 aliphatic rings. The van der Waals surface area contributed by atoms with Crippen molar-refractivity contribution in [3.63, 3.8) is 0 Å². The van der Waals surface area contributed by atoms with Gasteiger partial charge < -0.3 is 14.6 Å². The van der Waals surface area contributed by atoms with Gasteiger partial charge in [-0.1, -0.05) is 0 Å². The molecule has 2 N–H and O–H groups in total. The molecule has 0 aromatic carbocycles. The van der Waals surface area contributed by atoms with Crippen LogP contribution in [0.3, 0.4) is 0 Å². The molecular formula is C13H25NO4. The minimum absolute atomic E-state index is 0.129. The molecule has 0 radical (unpaired) electrons. The average molecular weight is 259 g/mol. The molecule has 0 bridgehead atoms. The number of hydrogen-bond donors (Lipinski definition) is 2. The first-order valence-electron chi connectivity index (χ1n) is 6.64. The maximum absolute atomic E-state index is 11.3. The van der Waals surface area contributed by atoms with Gasteiger partial charge in [0.15, 0.2) is 0 Å². The molecule has 1 aliphatic heterocycles.